The van der Waals surface area contributed by atoms with Crippen molar-refractivity contribution in [2.75, 3.05) is 6.61 Å². The zero-order chi connectivity index (χ0) is 17.9. The zero-order valence-electron chi connectivity index (χ0n) is 14.5. The van der Waals surface area contributed by atoms with Crippen molar-refractivity contribution < 1.29 is 23.2 Å². The van der Waals surface area contributed by atoms with Crippen LogP contribution in [0.15, 0.2) is 21.0 Å². The number of H-pyrrole nitrogens is 1. The Kier molecular flexibility index (Phi) is 5.28. The minimum Gasteiger partial charge on any atom is -0.461 e. The summed E-state index contributed by atoms with van der Waals surface area (Å²) in [5.74, 6) is 1.75. The van der Waals surface area contributed by atoms with Crippen LogP contribution in [0.2, 0.25) is 0 Å². The molecule has 0 saturated carbocycles. The minimum absolute atomic E-state index is 0.346. The molecular weight excluding hydrogens is 310 g/mol. The van der Waals surface area contributed by atoms with Crippen molar-refractivity contribution in [3.63, 3.8) is 0 Å². The maximum atomic E-state index is 11.4. The molecule has 24 heavy (non-hydrogen) atoms. The molecule has 0 aliphatic carbocycles. The molecule has 128 valence electrons. The van der Waals surface area contributed by atoms with Crippen LogP contribution in [0, 0.1) is 27.7 Å². The maximum Gasteiger partial charge on any atom is 0.354 e. The minimum atomic E-state index is -0.346. The van der Waals surface area contributed by atoms with E-state index in [1.165, 1.54) is 0 Å². The lowest BCUT2D eigenvalue weighted by Gasteiger charge is -1.97. The van der Waals surface area contributed by atoms with Crippen LogP contribution in [-0.2, 0) is 4.74 Å². The lowest BCUT2D eigenvalue weighted by Crippen LogP contribution is -2.04. The normalized spacial score (nSPS) is 10.4. The number of furan rings is 2. The van der Waals surface area contributed by atoms with Crippen LogP contribution in [0.25, 0.3) is 11.1 Å². The second-order valence-electron chi connectivity index (χ2n) is 5.43. The van der Waals surface area contributed by atoms with Crippen LogP contribution < -0.4 is 0 Å². The first-order valence-corrected chi connectivity index (χ1v) is 7.65. The van der Waals surface area contributed by atoms with Gasteiger partial charge in [0.15, 0.2) is 17.6 Å². The Morgan fingerprint density at radius 2 is 1.88 bits per heavy atom. The third kappa shape index (κ3) is 3.59. The van der Waals surface area contributed by atoms with Crippen LogP contribution >= 0.6 is 0 Å². The molecule has 0 aliphatic heterocycles. The molecule has 0 fully saturated rings. The first-order valence-electron chi connectivity index (χ1n) is 7.65. The number of aromatic amines is 1. The molecule has 0 bridgehead atoms. The number of esters is 1. The number of carbonyl (C=O) groups is 2. The van der Waals surface area contributed by atoms with Gasteiger partial charge in [0.2, 0.25) is 0 Å². The highest BCUT2D eigenvalue weighted by molar-refractivity contribution is 5.94. The molecule has 0 atom stereocenters. The van der Waals surface area contributed by atoms with E-state index >= 15 is 0 Å². The quantitative estimate of drug-likeness (QED) is 0.572. The zero-order valence-corrected chi connectivity index (χ0v) is 14.5. The summed E-state index contributed by atoms with van der Waals surface area (Å²) in [5, 5.41) is 0. The van der Waals surface area contributed by atoms with Gasteiger partial charge >= 0.3 is 5.97 Å². The molecule has 6 heteroatoms. The first-order chi connectivity index (χ1) is 11.4. The molecule has 0 aromatic carbocycles. The van der Waals surface area contributed by atoms with E-state index in [-0.39, 0.29) is 5.97 Å². The Labute approximate surface area is 139 Å². The van der Waals surface area contributed by atoms with E-state index in [2.05, 4.69) is 4.98 Å². The number of fused-ring (bicyclic) bond motifs is 1. The summed E-state index contributed by atoms with van der Waals surface area (Å²) in [7, 11) is 0. The summed E-state index contributed by atoms with van der Waals surface area (Å²) in [5.41, 5.74) is 4.06. The van der Waals surface area contributed by atoms with Gasteiger partial charge in [0.05, 0.1) is 12.1 Å². The van der Waals surface area contributed by atoms with E-state index in [0.29, 0.717) is 29.9 Å². The third-order valence-electron chi connectivity index (χ3n) is 3.74. The molecule has 0 spiro atoms. The lowest BCUT2D eigenvalue weighted by molar-refractivity contribution is 0.0520. The molecular formula is C18H21NO5. The summed E-state index contributed by atoms with van der Waals surface area (Å²) in [6.45, 7) is 9.74. The van der Waals surface area contributed by atoms with Crippen molar-refractivity contribution in [3.8, 4) is 0 Å². The second kappa shape index (κ2) is 7.21. The van der Waals surface area contributed by atoms with Gasteiger partial charge in [-0.2, -0.15) is 0 Å². The summed E-state index contributed by atoms with van der Waals surface area (Å²) in [6, 6.07) is 3.40. The van der Waals surface area contributed by atoms with Crippen LogP contribution in [0.4, 0.5) is 0 Å². The number of carbonyl (C=O) groups excluding carboxylic acids is 2. The molecule has 3 aromatic heterocycles. The number of aldehydes is 1. The third-order valence-corrected chi connectivity index (χ3v) is 3.74. The van der Waals surface area contributed by atoms with Crippen LogP contribution in [0.5, 0.6) is 0 Å². The van der Waals surface area contributed by atoms with E-state index in [1.807, 2.05) is 27.7 Å². The van der Waals surface area contributed by atoms with Crippen LogP contribution in [0.1, 0.15) is 50.6 Å². The average molecular weight is 331 g/mol. The van der Waals surface area contributed by atoms with Crippen molar-refractivity contribution in [1.82, 2.24) is 4.98 Å². The number of aryl methyl sites for hydroxylation is 4. The highest BCUT2D eigenvalue weighted by Crippen LogP contribution is 2.25. The van der Waals surface area contributed by atoms with E-state index in [9.17, 15) is 9.59 Å². The van der Waals surface area contributed by atoms with Gasteiger partial charge in [-0.3, -0.25) is 4.79 Å². The summed E-state index contributed by atoms with van der Waals surface area (Å²) < 4.78 is 15.3. The van der Waals surface area contributed by atoms with Gasteiger partial charge in [-0.1, -0.05) is 0 Å². The van der Waals surface area contributed by atoms with Crippen LogP contribution in [-0.4, -0.2) is 23.8 Å². The smallest absolute Gasteiger partial charge is 0.354 e. The molecule has 3 aromatic rings. The van der Waals surface area contributed by atoms with Gasteiger partial charge in [-0.05, 0) is 46.2 Å². The van der Waals surface area contributed by atoms with Crippen molar-refractivity contribution >= 4 is 23.4 Å². The monoisotopic (exact) mass is 331 g/mol. The Morgan fingerprint density at radius 1 is 1.17 bits per heavy atom. The SMILES string of the molecule is CCOC(=O)c1cc2oc(C)c(C)c2[nH]1.Cc1cc(C=O)oc1C. The van der Waals surface area contributed by atoms with Gasteiger partial charge in [-0.25, -0.2) is 4.79 Å². The molecule has 3 heterocycles. The standard InChI is InChI=1S/C11H13NO3.C7H8O2/c1-4-14-11(13)8-5-9-10(12-8)6(2)7(3)15-9;1-5-3-7(4-8)9-6(5)2/h5,12H,4H2,1-3H3;3-4H,1-2H3. The van der Waals surface area contributed by atoms with Crippen molar-refractivity contribution in [2.45, 2.75) is 34.6 Å². The summed E-state index contributed by atoms with van der Waals surface area (Å²) in [6.07, 6.45) is 0.708. The molecule has 0 aliphatic rings. The van der Waals surface area contributed by atoms with Gasteiger partial charge in [0.25, 0.3) is 0 Å². The number of hydrogen-bond acceptors (Lipinski definition) is 5. The average Bonchev–Trinajstić information content (AvgIpc) is 3.18. The van der Waals surface area contributed by atoms with E-state index in [0.717, 1.165) is 28.2 Å². The molecule has 1 N–H and O–H groups in total. The van der Waals surface area contributed by atoms with Crippen molar-refractivity contribution in [2.24, 2.45) is 0 Å². The molecule has 0 saturated heterocycles. The molecule has 6 nitrogen and oxygen atoms in total. The van der Waals surface area contributed by atoms with Gasteiger partial charge in [-0.15, -0.1) is 0 Å². The Morgan fingerprint density at radius 3 is 2.33 bits per heavy atom. The topological polar surface area (TPSA) is 85.4 Å². The summed E-state index contributed by atoms with van der Waals surface area (Å²) in [4.78, 5) is 24.5. The predicted molar refractivity (Wildman–Crippen MR) is 89.6 cm³/mol. The predicted octanol–water partition coefficient (Wildman–Crippen LogP) is 4.26. The van der Waals surface area contributed by atoms with Crippen LogP contribution in [0.3, 0.4) is 0 Å². The van der Waals surface area contributed by atoms with E-state index < -0.39 is 0 Å². The molecule has 0 unspecified atom stereocenters. The number of hydrogen-bond donors (Lipinski definition) is 1. The number of ether oxygens (including phenoxy) is 1. The Bertz CT molecular complexity index is 846. The van der Waals surface area contributed by atoms with Gasteiger partial charge in [0, 0.05) is 11.6 Å². The van der Waals surface area contributed by atoms with Gasteiger partial charge in [0.1, 0.15) is 17.2 Å². The fraction of sp³-hybridized carbons (Fsp3) is 0.333. The maximum absolute atomic E-state index is 11.4. The molecule has 0 radical (unpaired) electrons. The number of aromatic nitrogens is 1. The number of rotatable bonds is 3. The fourth-order valence-corrected chi connectivity index (χ4v) is 2.19. The number of nitrogens with one attached hydrogen (secondary N) is 1. The Balaban J connectivity index is 0.000000198. The van der Waals surface area contributed by atoms with E-state index in [4.69, 9.17) is 13.6 Å². The highest BCUT2D eigenvalue weighted by atomic mass is 16.5. The lowest BCUT2D eigenvalue weighted by atomic mass is 10.3. The second-order valence-corrected chi connectivity index (χ2v) is 5.43. The largest absolute Gasteiger partial charge is 0.461 e. The highest BCUT2D eigenvalue weighted by Gasteiger charge is 2.15. The Hall–Kier alpha value is -2.76. The fourth-order valence-electron chi connectivity index (χ4n) is 2.19. The molecule has 3 rings (SSSR count). The molecule has 0 amide bonds. The van der Waals surface area contributed by atoms with Gasteiger partial charge < -0.3 is 18.6 Å². The van der Waals surface area contributed by atoms with Crippen molar-refractivity contribution in [1.29, 1.82) is 0 Å². The summed E-state index contributed by atoms with van der Waals surface area (Å²) >= 11 is 0. The van der Waals surface area contributed by atoms with E-state index in [1.54, 1.807) is 19.1 Å². The van der Waals surface area contributed by atoms with Crippen molar-refractivity contribution in [3.05, 3.63) is 46.2 Å². The first kappa shape index (κ1) is 17.6.